The molecule has 0 aromatic heterocycles. The fraction of sp³-hybridized carbons (Fsp3) is 0.462. The van der Waals surface area contributed by atoms with Crippen LogP contribution in [0.5, 0.6) is 0 Å². The first kappa shape index (κ1) is 12.0. The Morgan fingerprint density at radius 3 is 2.94 bits per heavy atom. The van der Waals surface area contributed by atoms with E-state index in [4.69, 9.17) is 5.73 Å². The van der Waals surface area contributed by atoms with Crippen molar-refractivity contribution in [1.82, 2.24) is 5.32 Å². The molecular formula is C13H17FN2O. The molecule has 1 amide bonds. The van der Waals surface area contributed by atoms with Gasteiger partial charge in [-0.15, -0.1) is 0 Å². The second kappa shape index (κ2) is 4.84. The number of hydrogen-bond acceptors (Lipinski definition) is 2. The van der Waals surface area contributed by atoms with Crippen LogP contribution in [-0.4, -0.2) is 18.5 Å². The van der Waals surface area contributed by atoms with Gasteiger partial charge in [-0.2, -0.15) is 0 Å². The minimum absolute atomic E-state index is 0.00757. The average molecular weight is 236 g/mol. The van der Waals surface area contributed by atoms with E-state index in [-0.39, 0.29) is 17.5 Å². The first-order valence-corrected chi connectivity index (χ1v) is 5.88. The standard InChI is InChI=1S/C13H17FN2O/c1-8-2-5-11(14)10(6-8)13(17)16-7-12(15)9-3-4-9/h2,5-6,9,12H,3-4,7,15H2,1H3,(H,16,17). The van der Waals surface area contributed by atoms with Crippen molar-refractivity contribution >= 4 is 5.91 Å². The number of amides is 1. The van der Waals surface area contributed by atoms with Gasteiger partial charge in [-0.05, 0) is 37.8 Å². The highest BCUT2D eigenvalue weighted by atomic mass is 19.1. The Kier molecular flexibility index (Phi) is 3.43. The molecule has 1 unspecified atom stereocenters. The Morgan fingerprint density at radius 1 is 1.59 bits per heavy atom. The summed E-state index contributed by atoms with van der Waals surface area (Å²) in [6.45, 7) is 2.24. The topological polar surface area (TPSA) is 55.1 Å². The van der Waals surface area contributed by atoms with Crippen LogP contribution in [0.2, 0.25) is 0 Å². The normalized spacial score (nSPS) is 16.6. The van der Waals surface area contributed by atoms with Gasteiger partial charge in [0.15, 0.2) is 0 Å². The smallest absolute Gasteiger partial charge is 0.254 e. The van der Waals surface area contributed by atoms with Crippen molar-refractivity contribution in [3.8, 4) is 0 Å². The van der Waals surface area contributed by atoms with E-state index in [1.54, 1.807) is 12.1 Å². The number of benzene rings is 1. The SMILES string of the molecule is Cc1ccc(F)c(C(=O)NCC(N)C2CC2)c1. The molecule has 3 nitrogen and oxygen atoms in total. The molecule has 0 heterocycles. The van der Waals surface area contributed by atoms with Crippen LogP contribution in [0.15, 0.2) is 18.2 Å². The van der Waals surface area contributed by atoms with Crippen molar-refractivity contribution in [1.29, 1.82) is 0 Å². The molecule has 1 saturated carbocycles. The summed E-state index contributed by atoms with van der Waals surface area (Å²) in [5.74, 6) is -0.354. The number of carbonyl (C=O) groups is 1. The second-order valence-electron chi connectivity index (χ2n) is 4.69. The van der Waals surface area contributed by atoms with Crippen LogP contribution in [0.3, 0.4) is 0 Å². The second-order valence-corrected chi connectivity index (χ2v) is 4.69. The molecule has 1 aliphatic rings. The van der Waals surface area contributed by atoms with Gasteiger partial charge in [-0.1, -0.05) is 11.6 Å². The quantitative estimate of drug-likeness (QED) is 0.834. The molecule has 0 spiro atoms. The first-order valence-electron chi connectivity index (χ1n) is 5.88. The maximum absolute atomic E-state index is 13.4. The van der Waals surface area contributed by atoms with Gasteiger partial charge in [0.05, 0.1) is 5.56 Å². The van der Waals surface area contributed by atoms with E-state index < -0.39 is 5.82 Å². The molecule has 1 aromatic carbocycles. The van der Waals surface area contributed by atoms with Crippen molar-refractivity contribution in [3.05, 3.63) is 35.1 Å². The lowest BCUT2D eigenvalue weighted by atomic mass is 10.1. The van der Waals surface area contributed by atoms with Crippen molar-refractivity contribution < 1.29 is 9.18 Å². The summed E-state index contributed by atoms with van der Waals surface area (Å²) in [6, 6.07) is 4.49. The zero-order valence-electron chi connectivity index (χ0n) is 9.87. The van der Waals surface area contributed by atoms with E-state index in [1.165, 1.54) is 6.07 Å². The van der Waals surface area contributed by atoms with E-state index in [0.717, 1.165) is 18.4 Å². The summed E-state index contributed by atoms with van der Waals surface area (Å²) in [4.78, 5) is 11.8. The molecule has 2 rings (SSSR count). The Bertz CT molecular complexity index is 429. The minimum atomic E-state index is -0.493. The third-order valence-electron chi connectivity index (χ3n) is 3.09. The third kappa shape index (κ3) is 3.03. The Morgan fingerprint density at radius 2 is 2.29 bits per heavy atom. The highest BCUT2D eigenvalue weighted by molar-refractivity contribution is 5.94. The van der Waals surface area contributed by atoms with Gasteiger partial charge in [0.1, 0.15) is 5.82 Å². The van der Waals surface area contributed by atoms with E-state index >= 15 is 0 Å². The Labute approximate surface area is 100 Å². The summed E-state index contributed by atoms with van der Waals surface area (Å²) in [6.07, 6.45) is 2.27. The number of hydrogen-bond donors (Lipinski definition) is 2. The Balaban J connectivity index is 1.96. The van der Waals surface area contributed by atoms with Gasteiger partial charge in [-0.25, -0.2) is 4.39 Å². The molecule has 3 N–H and O–H groups in total. The van der Waals surface area contributed by atoms with Crippen LogP contribution < -0.4 is 11.1 Å². The maximum atomic E-state index is 13.4. The average Bonchev–Trinajstić information content (AvgIpc) is 3.12. The van der Waals surface area contributed by atoms with Crippen molar-refractivity contribution in [2.75, 3.05) is 6.54 Å². The zero-order valence-corrected chi connectivity index (χ0v) is 9.87. The lowest BCUT2D eigenvalue weighted by Gasteiger charge is -2.12. The monoisotopic (exact) mass is 236 g/mol. The molecule has 0 bridgehead atoms. The van der Waals surface area contributed by atoms with E-state index in [9.17, 15) is 9.18 Å². The fourth-order valence-electron chi connectivity index (χ4n) is 1.81. The molecule has 0 aliphatic heterocycles. The lowest BCUT2D eigenvalue weighted by Crippen LogP contribution is -2.38. The van der Waals surface area contributed by atoms with Crippen molar-refractivity contribution in [2.24, 2.45) is 11.7 Å². The van der Waals surface area contributed by atoms with Gasteiger partial charge in [-0.3, -0.25) is 4.79 Å². The predicted molar refractivity (Wildman–Crippen MR) is 64.2 cm³/mol. The lowest BCUT2D eigenvalue weighted by molar-refractivity contribution is 0.0946. The van der Waals surface area contributed by atoms with Gasteiger partial charge < -0.3 is 11.1 Å². The number of carbonyl (C=O) groups excluding carboxylic acids is 1. The number of nitrogens with two attached hydrogens (primary N) is 1. The van der Waals surface area contributed by atoms with Crippen LogP contribution in [0.25, 0.3) is 0 Å². The predicted octanol–water partition coefficient (Wildman–Crippen LogP) is 1.60. The minimum Gasteiger partial charge on any atom is -0.350 e. The van der Waals surface area contributed by atoms with E-state index in [0.29, 0.717) is 12.5 Å². The Hall–Kier alpha value is -1.42. The van der Waals surface area contributed by atoms with Crippen LogP contribution >= 0.6 is 0 Å². The van der Waals surface area contributed by atoms with Crippen LogP contribution in [-0.2, 0) is 0 Å². The molecule has 92 valence electrons. The number of nitrogens with one attached hydrogen (secondary N) is 1. The number of halogens is 1. The molecule has 1 aliphatic carbocycles. The van der Waals surface area contributed by atoms with Crippen LogP contribution in [0.1, 0.15) is 28.8 Å². The summed E-state index contributed by atoms with van der Waals surface area (Å²) >= 11 is 0. The molecule has 1 aromatic rings. The molecule has 0 saturated heterocycles. The molecule has 1 atom stereocenters. The molecule has 17 heavy (non-hydrogen) atoms. The van der Waals surface area contributed by atoms with Gasteiger partial charge >= 0.3 is 0 Å². The zero-order chi connectivity index (χ0) is 12.4. The maximum Gasteiger partial charge on any atom is 0.254 e. The number of rotatable bonds is 4. The van der Waals surface area contributed by atoms with Gasteiger partial charge in [0.25, 0.3) is 5.91 Å². The first-order chi connectivity index (χ1) is 8.08. The van der Waals surface area contributed by atoms with E-state index in [1.807, 2.05) is 6.92 Å². The molecule has 1 fully saturated rings. The van der Waals surface area contributed by atoms with E-state index in [2.05, 4.69) is 5.32 Å². The molecular weight excluding hydrogens is 219 g/mol. The summed E-state index contributed by atoms with van der Waals surface area (Å²) < 4.78 is 13.4. The third-order valence-corrected chi connectivity index (χ3v) is 3.09. The summed E-state index contributed by atoms with van der Waals surface area (Å²) in [5.41, 5.74) is 6.82. The van der Waals surface area contributed by atoms with Crippen LogP contribution in [0, 0.1) is 18.7 Å². The number of aryl methyl sites for hydroxylation is 1. The van der Waals surface area contributed by atoms with Crippen molar-refractivity contribution in [3.63, 3.8) is 0 Å². The van der Waals surface area contributed by atoms with Crippen LogP contribution in [0.4, 0.5) is 4.39 Å². The largest absolute Gasteiger partial charge is 0.350 e. The highest BCUT2D eigenvalue weighted by Gasteiger charge is 2.28. The van der Waals surface area contributed by atoms with Gasteiger partial charge in [0.2, 0.25) is 0 Å². The highest BCUT2D eigenvalue weighted by Crippen LogP contribution is 2.31. The molecule has 0 radical (unpaired) electrons. The summed E-state index contributed by atoms with van der Waals surface area (Å²) in [7, 11) is 0. The van der Waals surface area contributed by atoms with Gasteiger partial charge in [0, 0.05) is 12.6 Å². The molecule has 4 heteroatoms. The fourth-order valence-corrected chi connectivity index (χ4v) is 1.81. The summed E-state index contributed by atoms with van der Waals surface area (Å²) in [5, 5.41) is 2.68. The van der Waals surface area contributed by atoms with Crippen molar-refractivity contribution in [2.45, 2.75) is 25.8 Å².